The fourth-order valence-electron chi connectivity index (χ4n) is 6.05. The van der Waals surface area contributed by atoms with Crippen LogP contribution in [0.3, 0.4) is 0 Å². The van der Waals surface area contributed by atoms with Crippen LogP contribution >= 0.6 is 23.5 Å². The van der Waals surface area contributed by atoms with Gasteiger partial charge < -0.3 is 44.5 Å². The summed E-state index contributed by atoms with van der Waals surface area (Å²) in [4.78, 5) is 82.4. The number of aliphatic hydroxyl groups is 1. The Morgan fingerprint density at radius 2 is 1.61 bits per heavy atom. The van der Waals surface area contributed by atoms with Crippen molar-refractivity contribution >= 4 is 68.6 Å². The Bertz CT molecular complexity index is 2370. The van der Waals surface area contributed by atoms with Gasteiger partial charge in [-0.25, -0.2) is 18.2 Å². The molecule has 2 aromatic heterocycles. The minimum absolute atomic E-state index is 0.0124. The second-order valence-corrected chi connectivity index (χ2v) is 17.8. The Hall–Kier alpha value is -4.07. The molecule has 6 N–H and O–H groups in total. The highest BCUT2D eigenvalue weighted by Crippen LogP contribution is 2.65. The summed E-state index contributed by atoms with van der Waals surface area (Å²) in [7, 11) is -9.29. The Morgan fingerprint density at radius 1 is 1.00 bits per heavy atom. The number of aliphatic hydroxyl groups excluding tert-OH is 1. The zero-order valence-electron chi connectivity index (χ0n) is 31.2. The van der Waals surface area contributed by atoms with Crippen molar-refractivity contribution in [1.82, 2.24) is 14.9 Å². The summed E-state index contributed by atoms with van der Waals surface area (Å²) < 4.78 is 54.6. The van der Waals surface area contributed by atoms with Gasteiger partial charge in [-0.05, 0) is 30.3 Å². The van der Waals surface area contributed by atoms with Crippen LogP contribution in [0.15, 0.2) is 64.3 Å². The van der Waals surface area contributed by atoms with Gasteiger partial charge >= 0.3 is 21.3 Å². The Kier molecular flexibility index (Phi) is 13.8. The Morgan fingerprint density at radius 3 is 2.19 bits per heavy atom. The van der Waals surface area contributed by atoms with Crippen LogP contribution in [-0.4, -0.2) is 88.8 Å². The predicted molar refractivity (Wildman–Crippen MR) is 205 cm³/mol. The topological polar surface area (TPSA) is 286 Å². The summed E-state index contributed by atoms with van der Waals surface area (Å²) in [5.74, 6) is -0.223. The largest absolute Gasteiger partial charge is 0.756 e. The number of aryl methyl sites for hydroxylation is 1. The maximum absolute atomic E-state index is 12.9. The van der Waals surface area contributed by atoms with Crippen molar-refractivity contribution in [2.24, 2.45) is 0 Å². The summed E-state index contributed by atoms with van der Waals surface area (Å²) in [6.45, 7) is -0.342. The SMILES string of the molecule is CN(C)c1ccc2cc3ccc(N(C)C)cc3[n+](CCCC(=O)NC/C=C/c3cn([C@H]4C[C@H](O)[C@@H](COP(=O)(O)OP(=O)(O)OP(=O)([O-])O)O4)c(=O)[nH]c3=O)c2c1. The molecule has 0 bridgehead atoms. The van der Waals surface area contributed by atoms with Gasteiger partial charge in [-0.2, -0.15) is 8.88 Å². The molecule has 4 aromatic rings. The van der Waals surface area contributed by atoms with Gasteiger partial charge in [0.1, 0.15) is 18.9 Å². The third-order valence-corrected chi connectivity index (χ3v) is 12.6. The molecular weight excluding hydrogens is 813 g/mol. The molecule has 1 aliphatic heterocycles. The van der Waals surface area contributed by atoms with Crippen LogP contribution in [0.1, 0.15) is 31.1 Å². The first-order valence-corrected chi connectivity index (χ1v) is 21.7. The van der Waals surface area contributed by atoms with Gasteiger partial charge in [-0.3, -0.25) is 28.2 Å². The normalized spacial score (nSPS) is 20.3. The number of nitrogens with one attached hydrogen (secondary N) is 2. The second-order valence-electron chi connectivity index (χ2n) is 13.4. The van der Waals surface area contributed by atoms with E-state index in [4.69, 9.17) is 9.63 Å². The van der Waals surface area contributed by atoms with E-state index in [1.54, 1.807) is 0 Å². The number of pyridine rings is 1. The summed E-state index contributed by atoms with van der Waals surface area (Å²) in [5.41, 5.74) is 2.47. The lowest BCUT2D eigenvalue weighted by molar-refractivity contribution is -0.645. The minimum Gasteiger partial charge on any atom is -0.756 e. The lowest BCUT2D eigenvalue weighted by Crippen LogP contribution is -2.37. The number of H-pyrrole nitrogens is 1. The first-order chi connectivity index (χ1) is 26.6. The molecule has 0 aliphatic carbocycles. The number of nitrogens with zero attached hydrogens (tertiary/aromatic N) is 4. The molecule has 1 aliphatic rings. The van der Waals surface area contributed by atoms with Gasteiger partial charge in [0.2, 0.25) is 16.9 Å². The van der Waals surface area contributed by atoms with Crippen molar-refractivity contribution in [3.63, 3.8) is 0 Å². The molecule has 0 saturated carbocycles. The van der Waals surface area contributed by atoms with E-state index in [-0.39, 0.29) is 30.9 Å². The molecule has 24 heteroatoms. The number of carbonyl (C=O) groups is 1. The zero-order chi connectivity index (χ0) is 41.9. The number of hydrogen-bond acceptors (Lipinski definition) is 14. The van der Waals surface area contributed by atoms with Crippen LogP contribution in [0.5, 0.6) is 0 Å². The van der Waals surface area contributed by atoms with Gasteiger partial charge in [0.25, 0.3) is 13.4 Å². The average molecular weight is 857 g/mol. The van der Waals surface area contributed by atoms with Crippen LogP contribution in [-0.2, 0) is 42.9 Å². The summed E-state index contributed by atoms with van der Waals surface area (Å²) in [6.07, 6.45) is 0.413. The maximum atomic E-state index is 12.9. The quantitative estimate of drug-likeness (QED) is 0.0495. The molecule has 310 valence electrons. The van der Waals surface area contributed by atoms with E-state index in [9.17, 15) is 47.9 Å². The number of anilines is 2. The molecule has 3 heterocycles. The van der Waals surface area contributed by atoms with Crippen molar-refractivity contribution in [3.05, 3.63) is 81.1 Å². The number of amides is 1. The average Bonchev–Trinajstić information content (AvgIpc) is 3.47. The van der Waals surface area contributed by atoms with Gasteiger partial charge in [0, 0.05) is 94.5 Å². The van der Waals surface area contributed by atoms with Crippen LogP contribution < -0.4 is 35.8 Å². The summed E-state index contributed by atoms with van der Waals surface area (Å²) in [6, 6.07) is 14.7. The number of phosphoric acid groups is 3. The number of aromatic nitrogens is 3. The van der Waals surface area contributed by atoms with Crippen molar-refractivity contribution in [3.8, 4) is 0 Å². The number of phosphoric ester groups is 1. The van der Waals surface area contributed by atoms with Crippen molar-refractivity contribution < 1.29 is 65.6 Å². The molecule has 6 atom stereocenters. The molecule has 21 nitrogen and oxygen atoms in total. The molecule has 1 saturated heterocycles. The molecule has 0 spiro atoms. The molecule has 2 aromatic carbocycles. The highest BCUT2D eigenvalue weighted by Gasteiger charge is 2.41. The number of carbonyl (C=O) groups excluding carboxylic acids is 1. The lowest BCUT2D eigenvalue weighted by atomic mass is 10.1. The van der Waals surface area contributed by atoms with Crippen molar-refractivity contribution in [2.45, 2.75) is 44.2 Å². The van der Waals surface area contributed by atoms with E-state index >= 15 is 0 Å². The molecule has 1 fully saturated rings. The molecular formula is C33H43N6O15P3. The van der Waals surface area contributed by atoms with E-state index < -0.39 is 59.8 Å². The summed E-state index contributed by atoms with van der Waals surface area (Å²) in [5, 5.41) is 15.3. The molecule has 1 amide bonds. The molecule has 57 heavy (non-hydrogen) atoms. The standard InChI is InChI=1S/C33H43N6O15P3/c1-36(2)24-11-9-21-15-22-10-12-25(37(3)4)17-27(22)38(26(21)16-24)14-6-8-30(41)34-13-5-7-23-19-39(33(43)35-32(23)42)31-18-28(40)29(52-31)20-51-56(47,48)54-57(49,50)53-55(44,45)46/h5,7,9-12,15-17,19,28-29,31,40H,6,8,13-14,18,20H2,1-4H3,(H5-,34,35,41,42,43,44,45,46,47,48,49,50)/b7-5+/t28-,29+,31+/m0/s1. The molecule has 0 radical (unpaired) electrons. The minimum atomic E-state index is -5.85. The van der Waals surface area contributed by atoms with Gasteiger partial charge in [-0.1, -0.05) is 12.2 Å². The second kappa shape index (κ2) is 17.8. The van der Waals surface area contributed by atoms with Crippen LogP contribution in [0, 0.1) is 0 Å². The van der Waals surface area contributed by atoms with E-state index in [0.29, 0.717) is 13.0 Å². The van der Waals surface area contributed by atoms with Gasteiger partial charge in [0.05, 0.1) is 18.3 Å². The number of fused-ring (bicyclic) bond motifs is 2. The monoisotopic (exact) mass is 856 g/mol. The maximum Gasteiger partial charge on any atom is 0.487 e. The fraction of sp³-hybridized carbons (Fsp3) is 0.394. The van der Waals surface area contributed by atoms with Crippen LogP contribution in [0.25, 0.3) is 27.9 Å². The van der Waals surface area contributed by atoms with Crippen molar-refractivity contribution in [2.75, 3.05) is 51.1 Å². The Labute approximate surface area is 325 Å². The van der Waals surface area contributed by atoms with Crippen LogP contribution in [0.4, 0.5) is 11.4 Å². The third-order valence-electron chi connectivity index (χ3n) is 8.78. The number of rotatable bonds is 17. The van der Waals surface area contributed by atoms with Gasteiger partial charge in [-0.15, -0.1) is 0 Å². The molecule has 3 unspecified atom stereocenters. The van der Waals surface area contributed by atoms with E-state index in [1.165, 1.54) is 12.2 Å². The predicted octanol–water partition coefficient (Wildman–Crippen LogP) is 1.23. The third kappa shape index (κ3) is 11.8. The summed E-state index contributed by atoms with van der Waals surface area (Å²) >= 11 is 0. The van der Waals surface area contributed by atoms with E-state index in [2.05, 4.69) is 70.5 Å². The first kappa shape index (κ1) is 44.0. The molecule has 5 rings (SSSR count). The van der Waals surface area contributed by atoms with Crippen molar-refractivity contribution in [1.29, 1.82) is 0 Å². The van der Waals surface area contributed by atoms with E-state index in [1.807, 2.05) is 38.0 Å². The number of aromatic amines is 1. The number of hydrogen-bond donors (Lipinski definition) is 6. The zero-order valence-corrected chi connectivity index (χ0v) is 33.8. The highest BCUT2D eigenvalue weighted by molar-refractivity contribution is 7.66. The van der Waals surface area contributed by atoms with E-state index in [0.717, 1.165) is 43.9 Å². The number of ether oxygens (including phenoxy) is 1. The van der Waals surface area contributed by atoms with Gasteiger partial charge in [0.15, 0.2) is 0 Å². The lowest BCUT2D eigenvalue weighted by Gasteiger charge is -2.21. The smallest absolute Gasteiger partial charge is 0.487 e. The highest BCUT2D eigenvalue weighted by atomic mass is 31.3. The Balaban J connectivity index is 1.18. The number of benzene rings is 2. The first-order valence-electron chi connectivity index (χ1n) is 17.3. The van der Waals surface area contributed by atoms with Crippen LogP contribution in [0.2, 0.25) is 0 Å². The fourth-order valence-corrected chi connectivity index (χ4v) is 9.05.